The minimum absolute atomic E-state index is 0.0794. The maximum absolute atomic E-state index is 12.0. The van der Waals surface area contributed by atoms with Crippen molar-refractivity contribution in [1.29, 1.82) is 0 Å². The van der Waals surface area contributed by atoms with Crippen LogP contribution in [0.4, 0.5) is 13.2 Å². The van der Waals surface area contributed by atoms with Crippen molar-refractivity contribution in [3.63, 3.8) is 0 Å². The van der Waals surface area contributed by atoms with E-state index in [0.717, 1.165) is 37.2 Å². The number of hydrogen-bond donors (Lipinski definition) is 1. The van der Waals surface area contributed by atoms with Crippen molar-refractivity contribution in [3.05, 3.63) is 17.5 Å². The zero-order valence-electron chi connectivity index (χ0n) is 8.85. The molecular weight excluding hydrogens is 219 g/mol. The number of halogens is 3. The highest BCUT2D eigenvalue weighted by Crippen LogP contribution is 2.20. The fraction of sp³-hybridized carbons (Fsp3) is 0.700. The lowest BCUT2D eigenvalue weighted by Crippen LogP contribution is -2.17. The largest absolute Gasteiger partial charge is 0.390 e. The summed E-state index contributed by atoms with van der Waals surface area (Å²) in [5.41, 5.74) is 2.01. The highest BCUT2D eigenvalue weighted by Gasteiger charge is 2.27. The molecule has 1 N–H and O–H groups in total. The molecule has 0 fully saturated rings. The number of rotatable bonds is 2. The van der Waals surface area contributed by atoms with E-state index in [1.54, 1.807) is 6.20 Å². The zero-order valence-corrected chi connectivity index (χ0v) is 8.85. The van der Waals surface area contributed by atoms with Crippen LogP contribution in [0.1, 0.15) is 17.7 Å². The van der Waals surface area contributed by atoms with Crippen LogP contribution < -0.4 is 5.32 Å². The molecule has 0 spiro atoms. The Balaban J connectivity index is 2.01. The summed E-state index contributed by atoms with van der Waals surface area (Å²) >= 11 is 0. The molecule has 0 radical (unpaired) electrons. The normalized spacial score (nSPS) is 16.9. The molecule has 0 saturated heterocycles. The first-order valence-corrected chi connectivity index (χ1v) is 5.37. The Labute approximate surface area is 91.6 Å². The molecule has 0 amide bonds. The van der Waals surface area contributed by atoms with E-state index < -0.39 is 12.6 Å². The second-order valence-corrected chi connectivity index (χ2v) is 3.98. The smallest absolute Gasteiger partial charge is 0.316 e. The lowest BCUT2D eigenvalue weighted by Gasteiger charge is -2.05. The van der Waals surface area contributed by atoms with Crippen LogP contribution in [0.2, 0.25) is 0 Å². The van der Waals surface area contributed by atoms with Gasteiger partial charge >= 0.3 is 6.18 Å². The second-order valence-electron chi connectivity index (χ2n) is 3.98. The van der Waals surface area contributed by atoms with Gasteiger partial charge in [-0.1, -0.05) is 0 Å². The predicted octanol–water partition coefficient (Wildman–Crippen LogP) is 1.52. The minimum Gasteiger partial charge on any atom is -0.316 e. The summed E-state index contributed by atoms with van der Waals surface area (Å²) < 4.78 is 37.5. The van der Waals surface area contributed by atoms with E-state index in [0.29, 0.717) is 0 Å². The summed E-state index contributed by atoms with van der Waals surface area (Å²) in [6.07, 6.45) is -1.53. The Hall–Kier alpha value is -1.04. The summed E-state index contributed by atoms with van der Waals surface area (Å²) in [7, 11) is 0. The third kappa shape index (κ3) is 2.98. The highest BCUT2D eigenvalue weighted by atomic mass is 19.4. The van der Waals surface area contributed by atoms with Crippen LogP contribution in [0, 0.1) is 0 Å². The molecule has 3 nitrogen and oxygen atoms in total. The van der Waals surface area contributed by atoms with E-state index in [-0.39, 0.29) is 6.54 Å². The summed E-state index contributed by atoms with van der Waals surface area (Å²) in [4.78, 5) is 0. The number of alkyl halides is 3. The molecule has 6 heteroatoms. The van der Waals surface area contributed by atoms with E-state index in [1.807, 2.05) is 0 Å². The minimum atomic E-state index is -4.11. The molecule has 0 unspecified atom stereocenters. The van der Waals surface area contributed by atoms with Gasteiger partial charge in [-0.2, -0.15) is 18.3 Å². The van der Waals surface area contributed by atoms with Gasteiger partial charge in [-0.15, -0.1) is 0 Å². The molecule has 2 rings (SSSR count). The summed E-state index contributed by atoms with van der Waals surface area (Å²) in [6.45, 7) is 1.64. The third-order valence-corrected chi connectivity index (χ3v) is 2.66. The topological polar surface area (TPSA) is 29.9 Å². The van der Waals surface area contributed by atoms with E-state index in [1.165, 1.54) is 4.68 Å². The van der Waals surface area contributed by atoms with Crippen molar-refractivity contribution in [3.8, 4) is 0 Å². The van der Waals surface area contributed by atoms with Crippen LogP contribution in [0.3, 0.4) is 0 Å². The molecule has 0 bridgehead atoms. The quantitative estimate of drug-likeness (QED) is 0.839. The average molecular weight is 233 g/mol. The third-order valence-electron chi connectivity index (χ3n) is 2.66. The monoisotopic (exact) mass is 233 g/mol. The number of aromatic nitrogens is 2. The maximum atomic E-state index is 12.0. The lowest BCUT2D eigenvalue weighted by molar-refractivity contribution is -0.137. The maximum Gasteiger partial charge on any atom is 0.390 e. The van der Waals surface area contributed by atoms with E-state index in [9.17, 15) is 13.2 Å². The molecule has 0 atom stereocenters. The number of nitrogens with zero attached hydrogens (tertiary/aromatic N) is 2. The van der Waals surface area contributed by atoms with Crippen molar-refractivity contribution in [2.45, 2.75) is 32.0 Å². The molecular formula is C10H14F3N3. The zero-order chi connectivity index (χ0) is 11.6. The average Bonchev–Trinajstić information content (AvgIpc) is 2.45. The van der Waals surface area contributed by atoms with Gasteiger partial charge < -0.3 is 5.32 Å². The van der Waals surface area contributed by atoms with E-state index in [4.69, 9.17) is 0 Å². The summed E-state index contributed by atoms with van der Waals surface area (Å²) in [5, 5.41) is 7.42. The molecule has 16 heavy (non-hydrogen) atoms. The highest BCUT2D eigenvalue weighted by molar-refractivity contribution is 5.19. The molecule has 0 aliphatic carbocycles. The Kier molecular flexibility index (Phi) is 3.18. The van der Waals surface area contributed by atoms with E-state index in [2.05, 4.69) is 10.4 Å². The predicted molar refractivity (Wildman–Crippen MR) is 53.2 cm³/mol. The second kappa shape index (κ2) is 4.45. The van der Waals surface area contributed by atoms with Gasteiger partial charge in [0.05, 0.1) is 12.1 Å². The molecule has 2 heterocycles. The molecule has 1 aliphatic heterocycles. The van der Waals surface area contributed by atoms with Gasteiger partial charge in [0.1, 0.15) is 0 Å². The standard InChI is InChI=1S/C10H14F3N3/c11-10(12,13)3-6-16-7-8-1-4-14-5-2-9(8)15-16/h7,14H,1-6H2. The van der Waals surface area contributed by atoms with Gasteiger partial charge in [0, 0.05) is 25.7 Å². The van der Waals surface area contributed by atoms with Crippen LogP contribution >= 0.6 is 0 Å². The fourth-order valence-corrected chi connectivity index (χ4v) is 1.83. The van der Waals surface area contributed by atoms with E-state index >= 15 is 0 Å². The van der Waals surface area contributed by atoms with Crippen molar-refractivity contribution in [1.82, 2.24) is 15.1 Å². The van der Waals surface area contributed by atoms with Gasteiger partial charge in [-0.25, -0.2) is 0 Å². The van der Waals surface area contributed by atoms with Crippen molar-refractivity contribution in [2.75, 3.05) is 13.1 Å². The fourth-order valence-electron chi connectivity index (χ4n) is 1.83. The first-order valence-electron chi connectivity index (χ1n) is 5.37. The lowest BCUT2D eigenvalue weighted by atomic mass is 10.2. The molecule has 1 aromatic rings. The Morgan fingerprint density at radius 3 is 2.81 bits per heavy atom. The molecule has 90 valence electrons. The Morgan fingerprint density at radius 2 is 2.06 bits per heavy atom. The van der Waals surface area contributed by atoms with Gasteiger partial charge in [0.2, 0.25) is 0 Å². The Bertz CT molecular complexity index is 333. The van der Waals surface area contributed by atoms with Crippen molar-refractivity contribution < 1.29 is 13.2 Å². The Morgan fingerprint density at radius 1 is 1.31 bits per heavy atom. The van der Waals surface area contributed by atoms with Crippen LogP contribution in [0.25, 0.3) is 0 Å². The molecule has 0 aromatic carbocycles. The van der Waals surface area contributed by atoms with Gasteiger partial charge in [-0.05, 0) is 18.5 Å². The van der Waals surface area contributed by atoms with Crippen molar-refractivity contribution in [2.24, 2.45) is 0 Å². The SMILES string of the molecule is FC(F)(F)CCn1cc2c(n1)CCNCC2. The number of fused-ring (bicyclic) bond motifs is 1. The van der Waals surface area contributed by atoms with Crippen LogP contribution in [0.5, 0.6) is 0 Å². The summed E-state index contributed by atoms with van der Waals surface area (Å²) in [5.74, 6) is 0. The number of hydrogen-bond acceptors (Lipinski definition) is 2. The molecule has 1 aliphatic rings. The first-order chi connectivity index (χ1) is 7.54. The number of aryl methyl sites for hydroxylation is 1. The van der Waals surface area contributed by atoms with Gasteiger partial charge in [0.25, 0.3) is 0 Å². The first kappa shape index (κ1) is 11.4. The molecule has 0 saturated carbocycles. The number of nitrogens with one attached hydrogen (secondary N) is 1. The van der Waals surface area contributed by atoms with Gasteiger partial charge in [-0.3, -0.25) is 4.68 Å². The van der Waals surface area contributed by atoms with Gasteiger partial charge in [0.15, 0.2) is 0 Å². The van der Waals surface area contributed by atoms with Crippen molar-refractivity contribution >= 4 is 0 Å². The van der Waals surface area contributed by atoms with Crippen LogP contribution in [-0.2, 0) is 19.4 Å². The van der Waals surface area contributed by atoms with Crippen LogP contribution in [-0.4, -0.2) is 29.0 Å². The summed E-state index contributed by atoms with van der Waals surface area (Å²) in [6, 6.07) is 0. The molecule has 1 aromatic heterocycles. The van der Waals surface area contributed by atoms with Crippen LogP contribution in [0.15, 0.2) is 6.20 Å².